The van der Waals surface area contributed by atoms with Crippen molar-refractivity contribution in [3.63, 3.8) is 0 Å². The van der Waals surface area contributed by atoms with E-state index in [2.05, 4.69) is 11.1 Å². The average molecular weight is 170 g/mol. The van der Waals surface area contributed by atoms with Crippen LogP contribution in [0.25, 0.3) is 10.9 Å². The summed E-state index contributed by atoms with van der Waals surface area (Å²) < 4.78 is 0. The van der Waals surface area contributed by atoms with E-state index in [9.17, 15) is 0 Å². The standard InChI is InChI=1S/C9H6N.Ca.2H/c1-2-6-9-8(4-1)5-3-7-10-9;;;/h1-5,7H;;;. The Morgan fingerprint density at radius 2 is 2.00 bits per heavy atom. The number of pyridine rings is 1. The summed E-state index contributed by atoms with van der Waals surface area (Å²) in [6.45, 7) is 0. The van der Waals surface area contributed by atoms with E-state index in [1.54, 1.807) is 6.20 Å². The molecular weight excluding hydrogens is 162 g/mol. The van der Waals surface area contributed by atoms with Gasteiger partial charge in [0.05, 0.1) is 5.52 Å². The van der Waals surface area contributed by atoms with Gasteiger partial charge in [-0.05, 0) is 6.07 Å². The predicted octanol–water partition coefficient (Wildman–Crippen LogP) is 1.12. The molecule has 0 aliphatic rings. The van der Waals surface area contributed by atoms with Crippen molar-refractivity contribution in [3.8, 4) is 0 Å². The minimum Gasteiger partial charge on any atom is -0.256 e. The molecule has 0 aliphatic heterocycles. The molecule has 0 amide bonds. The monoisotopic (exact) mass is 170 g/mol. The fourth-order valence-electron chi connectivity index (χ4n) is 0.952. The van der Waals surface area contributed by atoms with Gasteiger partial charge in [-0.3, -0.25) is 4.98 Å². The second-order valence-electron chi connectivity index (χ2n) is 2.11. The molecule has 2 rings (SSSR count). The van der Waals surface area contributed by atoms with Gasteiger partial charge < -0.3 is 0 Å². The number of para-hydroxylation sites is 1. The molecule has 1 aromatic carbocycles. The van der Waals surface area contributed by atoms with E-state index >= 15 is 0 Å². The van der Waals surface area contributed by atoms with Crippen LogP contribution < -0.4 is 0 Å². The summed E-state index contributed by atoms with van der Waals surface area (Å²) in [4.78, 5) is 4.13. The van der Waals surface area contributed by atoms with Crippen molar-refractivity contribution in [2.75, 3.05) is 0 Å². The Hall–Kier alpha value is -0.110. The second kappa shape index (κ2) is 4.05. The summed E-state index contributed by atoms with van der Waals surface area (Å²) in [5.41, 5.74) is 0.935. The zero-order valence-electron chi connectivity index (χ0n) is 5.41. The Balaban J connectivity index is 0.000000605. The number of aromatic nitrogens is 1. The molecule has 2 heteroatoms. The molecule has 0 saturated heterocycles. The molecular formula is C9H8CaN. The van der Waals surface area contributed by atoms with E-state index in [1.165, 1.54) is 0 Å². The molecule has 51 valence electrons. The van der Waals surface area contributed by atoms with E-state index in [-0.39, 0.29) is 37.7 Å². The van der Waals surface area contributed by atoms with Gasteiger partial charge in [-0.2, -0.15) is 0 Å². The van der Waals surface area contributed by atoms with Gasteiger partial charge in [0.1, 0.15) is 0 Å². The summed E-state index contributed by atoms with van der Waals surface area (Å²) in [6.07, 6.45) is 1.78. The molecule has 2 aromatic rings. The first-order valence-electron chi connectivity index (χ1n) is 3.18. The minimum atomic E-state index is 0. The first-order valence-corrected chi connectivity index (χ1v) is 3.18. The second-order valence-corrected chi connectivity index (χ2v) is 2.11. The van der Waals surface area contributed by atoms with Gasteiger partial charge in [-0.25, -0.2) is 0 Å². The molecule has 11 heavy (non-hydrogen) atoms. The maximum Gasteiger partial charge on any atom is 0.0781 e. The van der Waals surface area contributed by atoms with Crippen molar-refractivity contribution in [1.82, 2.24) is 4.98 Å². The van der Waals surface area contributed by atoms with Crippen molar-refractivity contribution < 1.29 is 0 Å². The molecule has 1 aromatic heterocycles. The van der Waals surface area contributed by atoms with Crippen LogP contribution in [0.1, 0.15) is 0 Å². The molecule has 0 saturated carbocycles. The number of fused-ring (bicyclic) bond motifs is 1. The quantitative estimate of drug-likeness (QED) is 0.540. The Kier molecular flexibility index (Phi) is 3.31. The Bertz CT molecular complexity index is 281. The Labute approximate surface area is 95.4 Å². The third kappa shape index (κ3) is 1.92. The van der Waals surface area contributed by atoms with Crippen molar-refractivity contribution in [3.05, 3.63) is 42.6 Å². The fraction of sp³-hybridized carbons (Fsp3) is 0. The largest absolute Gasteiger partial charge is 0.256 e. The topological polar surface area (TPSA) is 12.9 Å². The summed E-state index contributed by atoms with van der Waals surface area (Å²) in [6, 6.07) is 12.9. The van der Waals surface area contributed by atoms with Crippen LogP contribution in [0, 0.1) is 6.07 Å². The minimum absolute atomic E-state index is 0. The predicted molar refractivity (Wildman–Crippen MR) is 49.1 cm³/mol. The number of benzene rings is 1. The maximum atomic E-state index is 4.13. The molecule has 0 fully saturated rings. The van der Waals surface area contributed by atoms with Crippen LogP contribution in [-0.2, 0) is 0 Å². The summed E-state index contributed by atoms with van der Waals surface area (Å²) in [5.74, 6) is 0. The van der Waals surface area contributed by atoms with Crippen molar-refractivity contribution in [2.45, 2.75) is 0 Å². The van der Waals surface area contributed by atoms with Crippen molar-refractivity contribution in [2.24, 2.45) is 0 Å². The van der Waals surface area contributed by atoms with E-state index in [0.29, 0.717) is 0 Å². The first-order chi connectivity index (χ1) is 4.97. The van der Waals surface area contributed by atoms with Crippen LogP contribution in [0.4, 0.5) is 0 Å². The van der Waals surface area contributed by atoms with Gasteiger partial charge in [0, 0.05) is 17.6 Å². The summed E-state index contributed by atoms with van der Waals surface area (Å²) in [5, 5.41) is 1.14. The van der Waals surface area contributed by atoms with Crippen LogP contribution in [0.3, 0.4) is 0 Å². The normalized spacial score (nSPS) is 9.09. The molecule has 0 aliphatic carbocycles. The fourth-order valence-corrected chi connectivity index (χ4v) is 0.952. The van der Waals surface area contributed by atoms with Crippen LogP contribution >= 0.6 is 0 Å². The maximum absolute atomic E-state index is 4.13. The van der Waals surface area contributed by atoms with Crippen LogP contribution in [0.2, 0.25) is 0 Å². The molecule has 0 bridgehead atoms. The average Bonchev–Trinajstić information content (AvgIpc) is 2.05. The zero-order chi connectivity index (χ0) is 6.81. The molecule has 0 atom stereocenters. The van der Waals surface area contributed by atoms with Crippen molar-refractivity contribution >= 4 is 48.6 Å². The Morgan fingerprint density at radius 1 is 1.18 bits per heavy atom. The molecule has 1 radical (unpaired) electrons. The van der Waals surface area contributed by atoms with E-state index < -0.39 is 0 Å². The third-order valence-corrected chi connectivity index (χ3v) is 1.43. The van der Waals surface area contributed by atoms with Crippen LogP contribution in [-0.4, -0.2) is 42.7 Å². The van der Waals surface area contributed by atoms with Gasteiger partial charge >= 0.3 is 37.7 Å². The van der Waals surface area contributed by atoms with E-state index in [1.807, 2.05) is 30.3 Å². The van der Waals surface area contributed by atoms with Gasteiger partial charge in [-0.1, -0.05) is 24.3 Å². The SMILES string of the molecule is [CaH2].[c]1cccc2cccnc12. The molecule has 0 N–H and O–H groups in total. The molecule has 0 spiro atoms. The molecule has 1 heterocycles. The number of hydrogen-bond donors (Lipinski definition) is 0. The van der Waals surface area contributed by atoms with Crippen LogP contribution in [0.5, 0.6) is 0 Å². The van der Waals surface area contributed by atoms with Crippen molar-refractivity contribution in [1.29, 1.82) is 0 Å². The van der Waals surface area contributed by atoms with Gasteiger partial charge in [0.15, 0.2) is 0 Å². The van der Waals surface area contributed by atoms with Crippen LogP contribution in [0.15, 0.2) is 36.5 Å². The van der Waals surface area contributed by atoms with E-state index in [0.717, 1.165) is 10.9 Å². The molecule has 0 unspecified atom stereocenters. The van der Waals surface area contributed by atoms with Gasteiger partial charge in [-0.15, -0.1) is 0 Å². The summed E-state index contributed by atoms with van der Waals surface area (Å²) in [7, 11) is 0. The zero-order valence-corrected chi connectivity index (χ0v) is 5.41. The number of hydrogen-bond acceptors (Lipinski definition) is 1. The molecule has 1 nitrogen and oxygen atoms in total. The smallest absolute Gasteiger partial charge is 0.0781 e. The number of nitrogens with zero attached hydrogens (tertiary/aromatic N) is 1. The third-order valence-electron chi connectivity index (χ3n) is 1.43. The van der Waals surface area contributed by atoms with Gasteiger partial charge in [0.25, 0.3) is 0 Å². The number of rotatable bonds is 0. The Morgan fingerprint density at radius 3 is 2.82 bits per heavy atom. The summed E-state index contributed by atoms with van der Waals surface area (Å²) >= 11 is 0. The van der Waals surface area contributed by atoms with E-state index in [4.69, 9.17) is 0 Å². The first kappa shape index (κ1) is 8.98. The van der Waals surface area contributed by atoms with Gasteiger partial charge in [0.2, 0.25) is 0 Å².